The summed E-state index contributed by atoms with van der Waals surface area (Å²) < 4.78 is 12.9. The predicted octanol–water partition coefficient (Wildman–Crippen LogP) is 2.01. The number of methoxy groups -OCH3 is 1. The minimum atomic E-state index is -1.29. The fourth-order valence-corrected chi connectivity index (χ4v) is 3.42. The molecule has 0 saturated carbocycles. The van der Waals surface area contributed by atoms with Gasteiger partial charge in [0.2, 0.25) is 0 Å². The molecule has 2 N–H and O–H groups in total. The van der Waals surface area contributed by atoms with Crippen molar-refractivity contribution in [2.24, 2.45) is 0 Å². The standard InChI is InChI=1S/C19H18N4O6/c1-28-11-3-4-13-14(7-11)21-17(23-6-2-5-20-23)9-16(13)29-12-8-15(18(24)25)22(10-12)19(26)27/h2-7,9,12,15H,8,10H2,1H3,(H,24,25)(H,26,27)/t12-,15?/m1/s1. The molecule has 3 heterocycles. The van der Waals surface area contributed by atoms with Crippen LogP contribution in [0.5, 0.6) is 11.5 Å². The van der Waals surface area contributed by atoms with Crippen molar-refractivity contribution in [1.29, 1.82) is 0 Å². The molecule has 0 radical (unpaired) electrons. The van der Waals surface area contributed by atoms with Crippen LogP contribution >= 0.6 is 0 Å². The summed E-state index contributed by atoms with van der Waals surface area (Å²) in [6.45, 7) is -0.0383. The summed E-state index contributed by atoms with van der Waals surface area (Å²) >= 11 is 0. The lowest BCUT2D eigenvalue weighted by Gasteiger charge is -2.17. The van der Waals surface area contributed by atoms with E-state index in [-0.39, 0.29) is 13.0 Å². The fourth-order valence-electron chi connectivity index (χ4n) is 3.42. The molecule has 4 rings (SSSR count). The number of hydrogen-bond donors (Lipinski definition) is 2. The van der Waals surface area contributed by atoms with Crippen molar-refractivity contribution in [3.8, 4) is 17.3 Å². The van der Waals surface area contributed by atoms with E-state index in [9.17, 15) is 19.8 Å². The summed E-state index contributed by atoms with van der Waals surface area (Å²) in [6, 6.07) is 7.63. The number of benzene rings is 1. The molecule has 1 saturated heterocycles. The van der Waals surface area contributed by atoms with E-state index in [0.717, 1.165) is 4.90 Å². The van der Waals surface area contributed by atoms with Gasteiger partial charge in [0, 0.05) is 36.3 Å². The molecule has 3 aromatic rings. The maximum Gasteiger partial charge on any atom is 0.408 e. The van der Waals surface area contributed by atoms with Crippen LogP contribution < -0.4 is 9.47 Å². The Morgan fingerprint density at radius 2 is 2.07 bits per heavy atom. The summed E-state index contributed by atoms with van der Waals surface area (Å²) in [5.41, 5.74) is 0.607. The monoisotopic (exact) mass is 398 g/mol. The molecule has 1 fully saturated rings. The molecule has 0 bridgehead atoms. The molecule has 1 aliphatic rings. The Bertz CT molecular complexity index is 1050. The van der Waals surface area contributed by atoms with Gasteiger partial charge in [-0.3, -0.25) is 4.90 Å². The van der Waals surface area contributed by atoms with Gasteiger partial charge in [0.15, 0.2) is 5.82 Å². The van der Waals surface area contributed by atoms with Gasteiger partial charge in [-0.05, 0) is 18.2 Å². The topological polar surface area (TPSA) is 127 Å². The number of aromatic nitrogens is 3. The van der Waals surface area contributed by atoms with Crippen LogP contribution in [0, 0.1) is 0 Å². The van der Waals surface area contributed by atoms with Gasteiger partial charge in [-0.1, -0.05) is 0 Å². The van der Waals surface area contributed by atoms with Gasteiger partial charge in [0.25, 0.3) is 0 Å². The summed E-state index contributed by atoms with van der Waals surface area (Å²) in [5, 5.41) is 23.5. The van der Waals surface area contributed by atoms with Gasteiger partial charge >= 0.3 is 12.1 Å². The minimum absolute atomic E-state index is 0.0383. The second-order valence-corrected chi connectivity index (χ2v) is 6.58. The molecular weight excluding hydrogens is 380 g/mol. The van der Waals surface area contributed by atoms with E-state index in [4.69, 9.17) is 9.47 Å². The molecule has 1 aliphatic heterocycles. The Balaban J connectivity index is 1.73. The quantitative estimate of drug-likeness (QED) is 0.668. The third-order valence-electron chi connectivity index (χ3n) is 4.79. The first kappa shape index (κ1) is 18.5. The Labute approximate surface area is 164 Å². The number of carboxylic acid groups (broad SMARTS) is 2. The number of rotatable bonds is 5. The molecule has 2 aromatic heterocycles. The zero-order valence-electron chi connectivity index (χ0n) is 15.4. The van der Waals surface area contributed by atoms with Gasteiger partial charge in [-0.2, -0.15) is 5.10 Å². The van der Waals surface area contributed by atoms with Crippen molar-refractivity contribution in [3.05, 3.63) is 42.7 Å². The largest absolute Gasteiger partial charge is 0.497 e. The van der Waals surface area contributed by atoms with Crippen LogP contribution in [0.15, 0.2) is 42.7 Å². The molecule has 150 valence electrons. The summed E-state index contributed by atoms with van der Waals surface area (Å²) in [7, 11) is 1.56. The van der Waals surface area contributed by atoms with Crippen molar-refractivity contribution in [2.45, 2.75) is 18.6 Å². The van der Waals surface area contributed by atoms with E-state index in [1.54, 1.807) is 54.5 Å². The van der Waals surface area contributed by atoms with Crippen molar-refractivity contribution in [1.82, 2.24) is 19.7 Å². The molecular formula is C19H18N4O6. The molecule has 2 atom stereocenters. The Kier molecular flexibility index (Phi) is 4.67. The van der Waals surface area contributed by atoms with Gasteiger partial charge in [0.05, 0.1) is 19.2 Å². The van der Waals surface area contributed by atoms with Gasteiger partial charge in [0.1, 0.15) is 23.6 Å². The molecule has 29 heavy (non-hydrogen) atoms. The first-order valence-corrected chi connectivity index (χ1v) is 8.84. The number of pyridine rings is 1. The van der Waals surface area contributed by atoms with Crippen LogP contribution in [0.3, 0.4) is 0 Å². The fraction of sp³-hybridized carbons (Fsp3) is 0.263. The lowest BCUT2D eigenvalue weighted by atomic mass is 10.1. The first-order chi connectivity index (χ1) is 14.0. The van der Waals surface area contributed by atoms with Crippen molar-refractivity contribution in [3.63, 3.8) is 0 Å². The molecule has 10 nitrogen and oxygen atoms in total. The highest BCUT2D eigenvalue weighted by Crippen LogP contribution is 2.32. The normalized spacial score (nSPS) is 18.7. The Hall–Kier alpha value is -3.82. The summed E-state index contributed by atoms with van der Waals surface area (Å²) in [4.78, 5) is 28.3. The number of aliphatic carboxylic acids is 1. The number of carbonyl (C=O) groups is 2. The van der Waals surface area contributed by atoms with Crippen LogP contribution in [-0.4, -0.2) is 67.7 Å². The Morgan fingerprint density at radius 3 is 2.69 bits per heavy atom. The molecule has 1 unspecified atom stereocenters. The number of hydrogen-bond acceptors (Lipinski definition) is 6. The van der Waals surface area contributed by atoms with Crippen LogP contribution in [-0.2, 0) is 4.79 Å². The second-order valence-electron chi connectivity index (χ2n) is 6.58. The lowest BCUT2D eigenvalue weighted by Crippen LogP contribution is -2.39. The third-order valence-corrected chi connectivity index (χ3v) is 4.79. The van der Waals surface area contributed by atoms with Gasteiger partial charge in [-0.25, -0.2) is 19.3 Å². The predicted molar refractivity (Wildman–Crippen MR) is 101 cm³/mol. The second kappa shape index (κ2) is 7.30. The first-order valence-electron chi connectivity index (χ1n) is 8.84. The smallest absolute Gasteiger partial charge is 0.408 e. The Morgan fingerprint density at radius 1 is 1.24 bits per heavy atom. The molecule has 0 spiro atoms. The molecule has 1 amide bonds. The number of likely N-dealkylation sites (tertiary alicyclic amines) is 1. The van der Waals surface area contributed by atoms with Gasteiger partial charge < -0.3 is 19.7 Å². The summed E-state index contributed by atoms with van der Waals surface area (Å²) in [6.07, 6.45) is 1.52. The van der Waals surface area contributed by atoms with Crippen LogP contribution in [0.4, 0.5) is 4.79 Å². The maximum atomic E-state index is 11.4. The highest BCUT2D eigenvalue weighted by molar-refractivity contribution is 5.87. The van der Waals surface area contributed by atoms with Crippen LogP contribution in [0.2, 0.25) is 0 Å². The summed E-state index contributed by atoms with van der Waals surface area (Å²) in [5.74, 6) is 0.399. The lowest BCUT2D eigenvalue weighted by molar-refractivity contribution is -0.141. The average Bonchev–Trinajstić information content (AvgIpc) is 3.37. The number of ether oxygens (including phenoxy) is 2. The zero-order chi connectivity index (χ0) is 20.5. The third kappa shape index (κ3) is 3.51. The maximum absolute atomic E-state index is 11.4. The highest BCUT2D eigenvalue weighted by atomic mass is 16.5. The number of nitrogens with zero attached hydrogens (tertiary/aromatic N) is 4. The van der Waals surface area contributed by atoms with Crippen molar-refractivity contribution < 1.29 is 29.3 Å². The van der Waals surface area contributed by atoms with E-state index in [0.29, 0.717) is 28.2 Å². The van der Waals surface area contributed by atoms with E-state index in [1.165, 1.54) is 0 Å². The minimum Gasteiger partial charge on any atom is -0.497 e. The number of carboxylic acids is 1. The molecule has 0 aliphatic carbocycles. The van der Waals surface area contributed by atoms with Crippen molar-refractivity contribution >= 4 is 23.0 Å². The van der Waals surface area contributed by atoms with Crippen LogP contribution in [0.1, 0.15) is 6.42 Å². The van der Waals surface area contributed by atoms with Crippen LogP contribution in [0.25, 0.3) is 16.7 Å². The van der Waals surface area contributed by atoms with E-state index < -0.39 is 24.2 Å². The highest BCUT2D eigenvalue weighted by Gasteiger charge is 2.41. The molecule has 10 heteroatoms. The molecule has 1 aromatic carbocycles. The number of amides is 1. The van der Waals surface area contributed by atoms with E-state index >= 15 is 0 Å². The van der Waals surface area contributed by atoms with E-state index in [2.05, 4.69) is 10.1 Å². The van der Waals surface area contributed by atoms with Gasteiger partial charge in [-0.15, -0.1) is 0 Å². The average molecular weight is 398 g/mol. The zero-order valence-corrected chi connectivity index (χ0v) is 15.4. The van der Waals surface area contributed by atoms with E-state index in [1.807, 2.05) is 0 Å². The number of fused-ring (bicyclic) bond motifs is 1. The SMILES string of the molecule is COc1ccc2c(O[C@@H]3CC(C(=O)O)N(C(=O)O)C3)cc(-n3cccn3)nc2c1. The van der Waals surface area contributed by atoms with Crippen molar-refractivity contribution in [2.75, 3.05) is 13.7 Å².